The lowest BCUT2D eigenvalue weighted by atomic mass is 10.7. The molecule has 0 fully saturated rings. The van der Waals surface area contributed by atoms with Gasteiger partial charge in [0.1, 0.15) is 7.14 Å². The molecule has 1 heterocycles. The lowest BCUT2D eigenvalue weighted by molar-refractivity contribution is 0.582. The third-order valence-corrected chi connectivity index (χ3v) is 5.72. The molecule has 0 bridgehead atoms. The van der Waals surface area contributed by atoms with E-state index in [0.717, 1.165) is 5.30 Å². The maximum Gasteiger partial charge on any atom is 0.196 e. The summed E-state index contributed by atoms with van der Waals surface area (Å²) in [7, 11) is -2.20. The normalized spacial score (nSPS) is 11.6. The van der Waals surface area contributed by atoms with Gasteiger partial charge in [0.25, 0.3) is 0 Å². The first kappa shape index (κ1) is 10.9. The maximum atomic E-state index is 12.2. The molecule has 0 atom stereocenters. The Hall–Kier alpha value is -0.210. The second-order valence-electron chi connectivity index (χ2n) is 2.73. The molecule has 0 aliphatic carbocycles. The van der Waals surface area contributed by atoms with Crippen LogP contribution in [0.5, 0.6) is 0 Å². The maximum absolute atomic E-state index is 12.2. The van der Waals surface area contributed by atoms with Gasteiger partial charge in [0, 0.05) is 30.0 Å². The van der Waals surface area contributed by atoms with Crippen LogP contribution in [0.1, 0.15) is 13.8 Å². The van der Waals surface area contributed by atoms with Crippen molar-refractivity contribution in [2.45, 2.75) is 13.8 Å². The van der Waals surface area contributed by atoms with E-state index < -0.39 is 7.14 Å². The SMILES string of the molecule is CCP(=O)(CC)c1cnc(Br)nc1. The Balaban J connectivity index is 3.07. The molecule has 0 radical (unpaired) electrons. The van der Waals surface area contributed by atoms with E-state index in [-0.39, 0.29) is 0 Å². The fourth-order valence-electron chi connectivity index (χ4n) is 1.10. The van der Waals surface area contributed by atoms with Crippen LogP contribution in [-0.4, -0.2) is 22.3 Å². The van der Waals surface area contributed by atoms with E-state index in [1.807, 2.05) is 13.8 Å². The van der Waals surface area contributed by atoms with E-state index in [0.29, 0.717) is 17.1 Å². The molecule has 0 saturated carbocycles. The Bertz CT molecular complexity index is 317. The fourth-order valence-corrected chi connectivity index (χ4v) is 3.02. The van der Waals surface area contributed by atoms with Crippen LogP contribution >= 0.6 is 23.1 Å². The number of halogens is 1. The lowest BCUT2D eigenvalue weighted by Crippen LogP contribution is -2.10. The molecule has 0 unspecified atom stereocenters. The zero-order valence-corrected chi connectivity index (χ0v) is 10.2. The molecule has 13 heavy (non-hydrogen) atoms. The zero-order valence-electron chi connectivity index (χ0n) is 7.70. The summed E-state index contributed by atoms with van der Waals surface area (Å²) in [6, 6.07) is 0. The molecule has 0 aromatic carbocycles. The third kappa shape index (κ3) is 2.38. The molecule has 0 spiro atoms. The largest absolute Gasteiger partial charge is 0.319 e. The molecule has 0 aliphatic rings. The predicted molar refractivity (Wildman–Crippen MR) is 58.1 cm³/mol. The smallest absolute Gasteiger partial charge is 0.196 e. The summed E-state index contributed by atoms with van der Waals surface area (Å²) in [5.74, 6) is 0. The van der Waals surface area contributed by atoms with E-state index >= 15 is 0 Å². The highest BCUT2D eigenvalue weighted by Crippen LogP contribution is 2.42. The van der Waals surface area contributed by atoms with Gasteiger partial charge in [0.05, 0.1) is 0 Å². The van der Waals surface area contributed by atoms with Crippen LogP contribution in [0.4, 0.5) is 0 Å². The van der Waals surface area contributed by atoms with Crippen molar-refractivity contribution in [2.24, 2.45) is 0 Å². The summed E-state index contributed by atoms with van der Waals surface area (Å²) in [4.78, 5) is 7.95. The average Bonchev–Trinajstić information content (AvgIpc) is 2.18. The standard InChI is InChI=1S/C8H12BrN2OP/c1-3-13(12,4-2)7-5-10-8(9)11-6-7/h5-6H,3-4H2,1-2H3. The van der Waals surface area contributed by atoms with Crippen LogP contribution in [0.2, 0.25) is 0 Å². The topological polar surface area (TPSA) is 42.9 Å². The molecule has 0 aliphatic heterocycles. The van der Waals surface area contributed by atoms with Gasteiger partial charge < -0.3 is 4.57 Å². The monoisotopic (exact) mass is 262 g/mol. The van der Waals surface area contributed by atoms with Gasteiger partial charge in [-0.3, -0.25) is 0 Å². The van der Waals surface area contributed by atoms with E-state index in [1.54, 1.807) is 12.4 Å². The highest BCUT2D eigenvalue weighted by Gasteiger charge is 2.20. The Morgan fingerprint density at radius 3 is 2.15 bits per heavy atom. The fraction of sp³-hybridized carbons (Fsp3) is 0.500. The molecule has 72 valence electrons. The minimum atomic E-state index is -2.20. The summed E-state index contributed by atoms with van der Waals surface area (Å²) >= 11 is 3.14. The van der Waals surface area contributed by atoms with E-state index in [2.05, 4.69) is 25.9 Å². The van der Waals surface area contributed by atoms with E-state index in [4.69, 9.17) is 0 Å². The van der Waals surface area contributed by atoms with Crippen LogP contribution in [0.25, 0.3) is 0 Å². The highest BCUT2D eigenvalue weighted by atomic mass is 79.9. The Morgan fingerprint density at radius 2 is 1.77 bits per heavy atom. The summed E-state index contributed by atoms with van der Waals surface area (Å²) in [5, 5.41) is 0.778. The number of aromatic nitrogens is 2. The summed E-state index contributed by atoms with van der Waals surface area (Å²) in [6.07, 6.45) is 4.64. The number of nitrogens with zero attached hydrogens (tertiary/aromatic N) is 2. The van der Waals surface area contributed by atoms with Gasteiger partial charge in [0.15, 0.2) is 4.73 Å². The number of hydrogen-bond donors (Lipinski definition) is 0. The molecule has 3 nitrogen and oxygen atoms in total. The molecule has 0 saturated heterocycles. The lowest BCUT2D eigenvalue weighted by Gasteiger charge is -2.12. The third-order valence-electron chi connectivity index (χ3n) is 2.10. The van der Waals surface area contributed by atoms with Gasteiger partial charge in [-0.05, 0) is 15.9 Å². The van der Waals surface area contributed by atoms with E-state index in [1.165, 1.54) is 0 Å². The van der Waals surface area contributed by atoms with Gasteiger partial charge in [-0.1, -0.05) is 13.8 Å². The molecular weight excluding hydrogens is 251 g/mol. The average molecular weight is 263 g/mol. The summed E-state index contributed by atoms with van der Waals surface area (Å²) < 4.78 is 12.7. The Labute approximate surface area is 86.5 Å². The predicted octanol–water partition coefficient (Wildman–Crippen LogP) is 2.27. The number of rotatable bonds is 3. The van der Waals surface area contributed by atoms with Crippen LogP contribution < -0.4 is 5.30 Å². The van der Waals surface area contributed by atoms with Crippen molar-refractivity contribution in [2.75, 3.05) is 12.3 Å². The minimum absolute atomic E-state index is 0.537. The molecule has 1 aromatic heterocycles. The van der Waals surface area contributed by atoms with Gasteiger partial charge in [0.2, 0.25) is 0 Å². The highest BCUT2D eigenvalue weighted by molar-refractivity contribution is 9.10. The van der Waals surface area contributed by atoms with Crippen LogP contribution in [0.15, 0.2) is 17.1 Å². The molecule has 0 N–H and O–H groups in total. The van der Waals surface area contributed by atoms with Crippen molar-refractivity contribution < 1.29 is 4.57 Å². The van der Waals surface area contributed by atoms with Crippen LogP contribution in [-0.2, 0) is 4.57 Å². The molecule has 1 rings (SSSR count). The van der Waals surface area contributed by atoms with Gasteiger partial charge in [-0.25, -0.2) is 9.97 Å². The number of hydrogen-bond acceptors (Lipinski definition) is 3. The molecule has 0 amide bonds. The van der Waals surface area contributed by atoms with Crippen molar-refractivity contribution in [1.82, 2.24) is 9.97 Å². The quantitative estimate of drug-likeness (QED) is 0.620. The van der Waals surface area contributed by atoms with Gasteiger partial charge in [-0.2, -0.15) is 0 Å². The Morgan fingerprint density at radius 1 is 1.31 bits per heavy atom. The van der Waals surface area contributed by atoms with Crippen molar-refractivity contribution in [1.29, 1.82) is 0 Å². The second-order valence-corrected chi connectivity index (χ2v) is 7.00. The first-order valence-corrected chi connectivity index (χ1v) is 7.05. The van der Waals surface area contributed by atoms with Crippen LogP contribution in [0, 0.1) is 0 Å². The molecular formula is C8H12BrN2OP. The van der Waals surface area contributed by atoms with Crippen molar-refractivity contribution in [3.05, 3.63) is 17.1 Å². The molecule has 1 aromatic rings. The summed E-state index contributed by atoms with van der Waals surface area (Å²) in [5.41, 5.74) is 0. The van der Waals surface area contributed by atoms with Gasteiger partial charge >= 0.3 is 0 Å². The Kier molecular flexibility index (Phi) is 3.63. The van der Waals surface area contributed by atoms with Gasteiger partial charge in [-0.15, -0.1) is 0 Å². The summed E-state index contributed by atoms with van der Waals surface area (Å²) in [6.45, 7) is 3.87. The molecule has 5 heteroatoms. The van der Waals surface area contributed by atoms with Crippen molar-refractivity contribution >= 4 is 28.4 Å². The van der Waals surface area contributed by atoms with E-state index in [9.17, 15) is 4.57 Å². The first-order valence-electron chi connectivity index (χ1n) is 4.18. The van der Waals surface area contributed by atoms with Crippen molar-refractivity contribution in [3.8, 4) is 0 Å². The zero-order chi connectivity index (χ0) is 9.90. The van der Waals surface area contributed by atoms with Crippen molar-refractivity contribution in [3.63, 3.8) is 0 Å². The second kappa shape index (κ2) is 4.34. The first-order chi connectivity index (χ1) is 6.12. The minimum Gasteiger partial charge on any atom is -0.319 e. The van der Waals surface area contributed by atoms with Crippen LogP contribution in [0.3, 0.4) is 0 Å².